The van der Waals surface area contributed by atoms with Crippen LogP contribution >= 0.6 is 0 Å². The maximum absolute atomic E-state index is 16.0. The third-order valence-electron chi connectivity index (χ3n) is 7.99. The van der Waals surface area contributed by atoms with E-state index in [0.717, 1.165) is 31.9 Å². The Balaban J connectivity index is 1.49. The average molecular weight is 493 g/mol. The molecule has 2 atom stereocenters. The van der Waals surface area contributed by atoms with E-state index in [2.05, 4.69) is 25.0 Å². The summed E-state index contributed by atoms with van der Waals surface area (Å²) in [4.78, 5) is 28.4. The molecule has 36 heavy (non-hydrogen) atoms. The number of H-pyrrole nitrogens is 1. The Morgan fingerprint density at radius 2 is 1.94 bits per heavy atom. The Labute approximate surface area is 205 Å². The second kappa shape index (κ2) is 8.76. The second-order valence-electron chi connectivity index (χ2n) is 9.90. The SMILES string of the molecule is CCn1cc(-c2nc(-c3c[nH]c4ncc(F)cc34)nc(C[C@H]3C4CCC(CC4)[C@@H]3C(=O)O)c2F)cn1. The molecule has 3 aliphatic carbocycles. The number of fused-ring (bicyclic) bond motifs is 4. The molecular formula is C26H26F2N6O2. The molecule has 4 aromatic rings. The lowest BCUT2D eigenvalue weighted by atomic mass is 9.57. The number of nitrogens with zero attached hydrogens (tertiary/aromatic N) is 5. The number of hydrogen-bond acceptors (Lipinski definition) is 5. The normalized spacial score (nSPS) is 23.4. The van der Waals surface area contributed by atoms with Gasteiger partial charge in [-0.15, -0.1) is 0 Å². The van der Waals surface area contributed by atoms with Crippen molar-refractivity contribution in [1.82, 2.24) is 29.7 Å². The van der Waals surface area contributed by atoms with Gasteiger partial charge >= 0.3 is 5.97 Å². The third-order valence-corrected chi connectivity index (χ3v) is 7.99. The van der Waals surface area contributed by atoms with Crippen molar-refractivity contribution in [3.63, 3.8) is 0 Å². The van der Waals surface area contributed by atoms with Crippen LogP contribution in [0.1, 0.15) is 38.3 Å². The Morgan fingerprint density at radius 1 is 1.17 bits per heavy atom. The van der Waals surface area contributed by atoms with Gasteiger partial charge in [-0.05, 0) is 62.8 Å². The van der Waals surface area contributed by atoms with Gasteiger partial charge in [0.05, 0.1) is 24.0 Å². The number of rotatable bonds is 6. The van der Waals surface area contributed by atoms with E-state index in [9.17, 15) is 14.3 Å². The highest BCUT2D eigenvalue weighted by Crippen LogP contribution is 2.50. The quantitative estimate of drug-likeness (QED) is 0.398. The van der Waals surface area contributed by atoms with E-state index >= 15 is 4.39 Å². The van der Waals surface area contributed by atoms with E-state index in [1.54, 1.807) is 23.3 Å². The fourth-order valence-corrected chi connectivity index (χ4v) is 6.24. The van der Waals surface area contributed by atoms with Gasteiger partial charge < -0.3 is 10.1 Å². The molecule has 3 saturated carbocycles. The number of carboxylic acid groups (broad SMARTS) is 1. The van der Waals surface area contributed by atoms with Gasteiger partial charge in [0.2, 0.25) is 0 Å². The van der Waals surface area contributed by atoms with Crippen LogP contribution < -0.4 is 0 Å². The van der Waals surface area contributed by atoms with Gasteiger partial charge in [0.25, 0.3) is 0 Å². The maximum Gasteiger partial charge on any atom is 0.307 e. The van der Waals surface area contributed by atoms with Crippen LogP contribution in [0.5, 0.6) is 0 Å². The molecule has 186 valence electrons. The van der Waals surface area contributed by atoms with E-state index in [-0.39, 0.29) is 41.4 Å². The molecule has 3 fully saturated rings. The lowest BCUT2D eigenvalue weighted by Crippen LogP contribution is -2.45. The fourth-order valence-electron chi connectivity index (χ4n) is 6.24. The topological polar surface area (TPSA) is 110 Å². The number of aromatic nitrogens is 6. The lowest BCUT2D eigenvalue weighted by molar-refractivity contribution is -0.152. The van der Waals surface area contributed by atoms with Crippen LogP contribution in [-0.4, -0.2) is 40.8 Å². The van der Waals surface area contributed by atoms with Crippen LogP contribution in [0.4, 0.5) is 8.78 Å². The number of nitrogens with one attached hydrogen (secondary N) is 1. The van der Waals surface area contributed by atoms with Crippen molar-refractivity contribution >= 4 is 17.0 Å². The predicted octanol–water partition coefficient (Wildman–Crippen LogP) is 4.86. The van der Waals surface area contributed by atoms with Gasteiger partial charge in [0.1, 0.15) is 17.2 Å². The van der Waals surface area contributed by atoms with Crippen LogP contribution in [-0.2, 0) is 17.8 Å². The molecule has 4 aromatic heterocycles. The van der Waals surface area contributed by atoms with Crippen LogP contribution in [0.25, 0.3) is 33.7 Å². The summed E-state index contributed by atoms with van der Waals surface area (Å²) < 4.78 is 31.7. The predicted molar refractivity (Wildman–Crippen MR) is 128 cm³/mol. The monoisotopic (exact) mass is 492 g/mol. The molecule has 0 spiro atoms. The molecule has 10 heteroatoms. The minimum Gasteiger partial charge on any atom is -0.481 e. The summed E-state index contributed by atoms with van der Waals surface area (Å²) in [6.07, 6.45) is 9.98. The molecule has 7 rings (SSSR count). The van der Waals surface area contributed by atoms with Gasteiger partial charge in [0, 0.05) is 35.5 Å². The summed E-state index contributed by atoms with van der Waals surface area (Å²) >= 11 is 0. The lowest BCUT2D eigenvalue weighted by Gasteiger charge is -2.46. The Kier molecular flexibility index (Phi) is 5.54. The van der Waals surface area contributed by atoms with E-state index < -0.39 is 23.5 Å². The molecule has 0 aromatic carbocycles. The molecule has 4 heterocycles. The molecule has 8 nitrogen and oxygen atoms in total. The number of aliphatic carboxylic acids is 1. The smallest absolute Gasteiger partial charge is 0.307 e. The zero-order chi connectivity index (χ0) is 25.0. The summed E-state index contributed by atoms with van der Waals surface area (Å²) in [5.74, 6) is -2.00. The number of halogens is 2. The van der Waals surface area contributed by atoms with Crippen molar-refractivity contribution in [3.05, 3.63) is 48.2 Å². The van der Waals surface area contributed by atoms with Crippen molar-refractivity contribution in [2.75, 3.05) is 0 Å². The zero-order valence-electron chi connectivity index (χ0n) is 19.8. The first-order chi connectivity index (χ1) is 17.4. The van der Waals surface area contributed by atoms with Crippen molar-refractivity contribution in [1.29, 1.82) is 0 Å². The number of aromatic amines is 1. The van der Waals surface area contributed by atoms with E-state index in [0.29, 0.717) is 28.7 Å². The van der Waals surface area contributed by atoms with Crippen LogP contribution in [0.3, 0.4) is 0 Å². The molecule has 2 bridgehead atoms. The highest BCUT2D eigenvalue weighted by molar-refractivity contribution is 5.91. The molecule has 0 radical (unpaired) electrons. The van der Waals surface area contributed by atoms with E-state index in [4.69, 9.17) is 0 Å². The van der Waals surface area contributed by atoms with Crippen molar-refractivity contribution in [2.45, 2.75) is 45.6 Å². The fraction of sp³-hybridized carbons (Fsp3) is 0.423. The van der Waals surface area contributed by atoms with Crippen molar-refractivity contribution < 1.29 is 18.7 Å². The van der Waals surface area contributed by atoms with E-state index in [1.165, 1.54) is 6.07 Å². The molecule has 0 saturated heterocycles. The first-order valence-electron chi connectivity index (χ1n) is 12.4. The average Bonchev–Trinajstić information content (AvgIpc) is 3.53. The highest BCUT2D eigenvalue weighted by Gasteiger charge is 2.47. The molecule has 3 aliphatic rings. The first-order valence-corrected chi connectivity index (χ1v) is 12.4. The Morgan fingerprint density at radius 3 is 2.67 bits per heavy atom. The largest absolute Gasteiger partial charge is 0.481 e. The number of carbonyl (C=O) groups is 1. The van der Waals surface area contributed by atoms with Crippen molar-refractivity contribution in [3.8, 4) is 22.6 Å². The van der Waals surface area contributed by atoms with Gasteiger partial charge in [-0.25, -0.2) is 23.7 Å². The van der Waals surface area contributed by atoms with Crippen LogP contribution in [0.2, 0.25) is 0 Å². The minimum absolute atomic E-state index is 0.0984. The molecule has 0 aliphatic heterocycles. The van der Waals surface area contributed by atoms with Gasteiger partial charge in [-0.2, -0.15) is 5.10 Å². The molecule has 0 amide bonds. The van der Waals surface area contributed by atoms with Crippen LogP contribution in [0.15, 0.2) is 30.9 Å². The Bertz CT molecular complexity index is 1460. The van der Waals surface area contributed by atoms with E-state index in [1.807, 2.05) is 6.92 Å². The Hall–Kier alpha value is -3.69. The van der Waals surface area contributed by atoms with Gasteiger partial charge in [0.15, 0.2) is 11.6 Å². The summed E-state index contributed by atoms with van der Waals surface area (Å²) in [7, 11) is 0. The standard InChI is InChI=1S/C26H26F2N6O2/c1-2-34-12-15(9-31-34)23-22(28)20(8-17-13-3-5-14(6-4-13)21(17)26(35)36)32-25(33-23)19-11-30-24-18(19)7-16(27)10-29-24/h7,9-14,17,21H,2-6,8H2,1H3,(H,29,30)(H,35,36)/t13?,14?,17-,21-/m0/s1. The highest BCUT2D eigenvalue weighted by atomic mass is 19.1. The van der Waals surface area contributed by atoms with Gasteiger partial charge in [-0.3, -0.25) is 9.48 Å². The first kappa shape index (κ1) is 22.8. The van der Waals surface area contributed by atoms with Gasteiger partial charge in [-0.1, -0.05) is 0 Å². The third kappa shape index (κ3) is 3.75. The number of aryl methyl sites for hydroxylation is 1. The summed E-state index contributed by atoms with van der Waals surface area (Å²) in [5, 5.41) is 14.8. The molecule has 2 N–H and O–H groups in total. The van der Waals surface area contributed by atoms with Crippen LogP contribution in [0, 0.1) is 35.3 Å². The number of pyridine rings is 1. The zero-order valence-corrected chi connectivity index (χ0v) is 19.8. The molecular weight excluding hydrogens is 466 g/mol. The van der Waals surface area contributed by atoms with Crippen molar-refractivity contribution in [2.24, 2.45) is 23.7 Å². The summed E-state index contributed by atoms with van der Waals surface area (Å²) in [6.45, 7) is 2.55. The number of carboxylic acids is 1. The second-order valence-corrected chi connectivity index (χ2v) is 9.90. The number of hydrogen-bond donors (Lipinski definition) is 2. The summed E-state index contributed by atoms with van der Waals surface area (Å²) in [5.41, 5.74) is 1.76. The molecule has 0 unspecified atom stereocenters. The summed E-state index contributed by atoms with van der Waals surface area (Å²) in [6, 6.07) is 1.34. The minimum atomic E-state index is -0.813. The maximum atomic E-state index is 16.0.